The van der Waals surface area contributed by atoms with Crippen molar-refractivity contribution in [1.82, 2.24) is 15.4 Å². The summed E-state index contributed by atoms with van der Waals surface area (Å²) in [5.74, 6) is -0.388. The minimum Gasteiger partial charge on any atom is -0.355 e. The molecule has 4 rings (SSSR count). The first kappa shape index (κ1) is 24.4. The zero-order valence-electron chi connectivity index (χ0n) is 18.7. The summed E-state index contributed by atoms with van der Waals surface area (Å²) in [4.78, 5) is 13.2. The van der Waals surface area contributed by atoms with Gasteiger partial charge in [-0.1, -0.05) is 72.3 Å². The number of amides is 1. The molecule has 6 nitrogen and oxygen atoms in total. The standard InChI is InChI=1S/C26H28ClN3O3S/c27-22-11-13-24(14-12-22)34(32,33)30-23-15-21(16-28-17-23)26(31)29-18-25(19-7-3-1-4-8-19)20-9-5-2-6-10-20/h1-14,21,23,25,28,30H,15-18H2,(H,29,31). The molecule has 1 heterocycles. The van der Waals surface area contributed by atoms with Crippen molar-refractivity contribution >= 4 is 27.5 Å². The van der Waals surface area contributed by atoms with E-state index in [0.29, 0.717) is 31.1 Å². The van der Waals surface area contributed by atoms with Crippen molar-refractivity contribution in [3.63, 3.8) is 0 Å². The highest BCUT2D eigenvalue weighted by Gasteiger charge is 2.30. The highest BCUT2D eigenvalue weighted by molar-refractivity contribution is 7.89. The summed E-state index contributed by atoms with van der Waals surface area (Å²) in [5, 5.41) is 6.76. The average Bonchev–Trinajstić information content (AvgIpc) is 2.85. The van der Waals surface area contributed by atoms with Crippen molar-refractivity contribution in [3.05, 3.63) is 101 Å². The van der Waals surface area contributed by atoms with Gasteiger partial charge in [-0.15, -0.1) is 0 Å². The van der Waals surface area contributed by atoms with Gasteiger partial charge in [-0.05, 0) is 41.8 Å². The van der Waals surface area contributed by atoms with Crippen LogP contribution in [0.4, 0.5) is 0 Å². The lowest BCUT2D eigenvalue weighted by atomic mass is 9.90. The van der Waals surface area contributed by atoms with Gasteiger partial charge in [-0.2, -0.15) is 0 Å². The first-order chi connectivity index (χ1) is 16.4. The van der Waals surface area contributed by atoms with E-state index in [1.807, 2.05) is 36.4 Å². The van der Waals surface area contributed by atoms with Crippen LogP contribution in [0.25, 0.3) is 0 Å². The van der Waals surface area contributed by atoms with Crippen LogP contribution in [0, 0.1) is 5.92 Å². The lowest BCUT2D eigenvalue weighted by Crippen LogP contribution is -2.52. The van der Waals surface area contributed by atoms with Crippen molar-refractivity contribution in [3.8, 4) is 0 Å². The topological polar surface area (TPSA) is 87.3 Å². The van der Waals surface area contributed by atoms with Gasteiger partial charge < -0.3 is 10.6 Å². The van der Waals surface area contributed by atoms with E-state index >= 15 is 0 Å². The Hall–Kier alpha value is -2.71. The number of halogens is 1. The van der Waals surface area contributed by atoms with Gasteiger partial charge in [0.1, 0.15) is 0 Å². The van der Waals surface area contributed by atoms with Crippen molar-refractivity contribution in [2.45, 2.75) is 23.3 Å². The molecule has 1 amide bonds. The average molecular weight is 498 g/mol. The molecule has 1 saturated heterocycles. The third-order valence-electron chi connectivity index (χ3n) is 6.05. The number of hydrogen-bond acceptors (Lipinski definition) is 4. The predicted octanol–water partition coefficient (Wildman–Crippen LogP) is 3.54. The second-order valence-electron chi connectivity index (χ2n) is 8.48. The highest BCUT2D eigenvalue weighted by Crippen LogP contribution is 2.24. The number of carbonyl (C=O) groups excluding carboxylic acids is 1. The number of carbonyl (C=O) groups is 1. The maximum Gasteiger partial charge on any atom is 0.240 e. The molecule has 0 radical (unpaired) electrons. The van der Waals surface area contributed by atoms with Crippen LogP contribution in [0.1, 0.15) is 23.5 Å². The number of nitrogens with one attached hydrogen (secondary N) is 3. The van der Waals surface area contributed by atoms with Gasteiger partial charge in [0.05, 0.1) is 10.8 Å². The number of rotatable bonds is 8. The van der Waals surface area contributed by atoms with E-state index in [1.165, 1.54) is 12.1 Å². The zero-order valence-corrected chi connectivity index (χ0v) is 20.2. The van der Waals surface area contributed by atoms with Gasteiger partial charge in [0.25, 0.3) is 0 Å². The normalized spacial score (nSPS) is 18.5. The Kier molecular flexibility index (Phi) is 8.00. The van der Waals surface area contributed by atoms with E-state index in [1.54, 1.807) is 12.1 Å². The molecule has 2 atom stereocenters. The molecule has 3 aromatic carbocycles. The van der Waals surface area contributed by atoms with Crippen molar-refractivity contribution < 1.29 is 13.2 Å². The molecular formula is C26H28ClN3O3S. The Morgan fingerprint density at radius 2 is 1.50 bits per heavy atom. The summed E-state index contributed by atoms with van der Waals surface area (Å²) in [5.41, 5.74) is 2.26. The van der Waals surface area contributed by atoms with E-state index < -0.39 is 10.0 Å². The monoisotopic (exact) mass is 497 g/mol. The van der Waals surface area contributed by atoms with Gasteiger partial charge in [0.15, 0.2) is 0 Å². The summed E-state index contributed by atoms with van der Waals surface area (Å²) >= 11 is 5.87. The molecule has 178 valence electrons. The summed E-state index contributed by atoms with van der Waals surface area (Å²) in [7, 11) is -3.70. The maximum atomic E-state index is 13.0. The molecule has 0 aliphatic carbocycles. The Balaban J connectivity index is 1.39. The van der Waals surface area contributed by atoms with Crippen LogP contribution in [-0.4, -0.2) is 40.0 Å². The Morgan fingerprint density at radius 3 is 2.09 bits per heavy atom. The molecule has 1 aliphatic rings. The van der Waals surface area contributed by atoms with Crippen molar-refractivity contribution in [1.29, 1.82) is 0 Å². The lowest BCUT2D eigenvalue weighted by Gasteiger charge is -2.30. The second kappa shape index (κ2) is 11.1. The Bertz CT molecular complexity index is 1150. The smallest absolute Gasteiger partial charge is 0.240 e. The fourth-order valence-electron chi connectivity index (χ4n) is 4.28. The third-order valence-corrected chi connectivity index (χ3v) is 7.84. The van der Waals surface area contributed by atoms with Gasteiger partial charge in [-0.25, -0.2) is 13.1 Å². The van der Waals surface area contributed by atoms with Crippen LogP contribution in [0.5, 0.6) is 0 Å². The summed E-state index contributed by atoms with van der Waals surface area (Å²) in [6.07, 6.45) is 0.424. The molecule has 0 saturated carbocycles. The van der Waals surface area contributed by atoms with Crippen LogP contribution in [0.15, 0.2) is 89.8 Å². The zero-order chi connectivity index (χ0) is 24.0. The molecule has 2 unspecified atom stereocenters. The molecule has 1 aliphatic heterocycles. The van der Waals surface area contributed by atoms with E-state index in [2.05, 4.69) is 39.6 Å². The van der Waals surface area contributed by atoms with Gasteiger partial charge >= 0.3 is 0 Å². The highest BCUT2D eigenvalue weighted by atomic mass is 35.5. The van der Waals surface area contributed by atoms with E-state index in [9.17, 15) is 13.2 Å². The number of benzene rings is 3. The van der Waals surface area contributed by atoms with Gasteiger partial charge in [-0.3, -0.25) is 4.79 Å². The van der Waals surface area contributed by atoms with Gasteiger partial charge in [0, 0.05) is 36.6 Å². The van der Waals surface area contributed by atoms with E-state index in [-0.39, 0.29) is 28.7 Å². The molecular weight excluding hydrogens is 470 g/mol. The molecule has 0 spiro atoms. The molecule has 0 aromatic heterocycles. The molecule has 3 N–H and O–H groups in total. The van der Waals surface area contributed by atoms with Crippen LogP contribution >= 0.6 is 11.6 Å². The maximum absolute atomic E-state index is 13.0. The van der Waals surface area contributed by atoms with Crippen LogP contribution < -0.4 is 15.4 Å². The predicted molar refractivity (Wildman–Crippen MR) is 134 cm³/mol. The van der Waals surface area contributed by atoms with Gasteiger partial charge in [0.2, 0.25) is 15.9 Å². The fourth-order valence-corrected chi connectivity index (χ4v) is 5.65. The largest absolute Gasteiger partial charge is 0.355 e. The van der Waals surface area contributed by atoms with Crippen LogP contribution in [-0.2, 0) is 14.8 Å². The number of hydrogen-bond donors (Lipinski definition) is 3. The minimum atomic E-state index is -3.70. The van der Waals surface area contributed by atoms with E-state index in [4.69, 9.17) is 11.6 Å². The Morgan fingerprint density at radius 1 is 0.912 bits per heavy atom. The van der Waals surface area contributed by atoms with Crippen molar-refractivity contribution in [2.75, 3.05) is 19.6 Å². The first-order valence-corrected chi connectivity index (χ1v) is 13.1. The summed E-state index contributed by atoms with van der Waals surface area (Å²) in [6.45, 7) is 1.43. The lowest BCUT2D eigenvalue weighted by molar-refractivity contribution is -0.125. The first-order valence-electron chi connectivity index (χ1n) is 11.3. The minimum absolute atomic E-state index is 0.0297. The molecule has 0 bridgehead atoms. The van der Waals surface area contributed by atoms with E-state index in [0.717, 1.165) is 11.1 Å². The SMILES string of the molecule is O=C(NCC(c1ccccc1)c1ccccc1)C1CNCC(NS(=O)(=O)c2ccc(Cl)cc2)C1. The number of piperidine rings is 1. The second-order valence-corrected chi connectivity index (χ2v) is 10.6. The van der Waals surface area contributed by atoms with Crippen LogP contribution in [0.3, 0.4) is 0 Å². The van der Waals surface area contributed by atoms with Crippen LogP contribution in [0.2, 0.25) is 5.02 Å². The fraction of sp³-hybridized carbons (Fsp3) is 0.269. The summed E-state index contributed by atoms with van der Waals surface area (Å²) in [6, 6.07) is 25.8. The molecule has 3 aromatic rings. The summed E-state index contributed by atoms with van der Waals surface area (Å²) < 4.78 is 28.2. The third kappa shape index (κ3) is 6.24. The molecule has 8 heteroatoms. The van der Waals surface area contributed by atoms with Crippen molar-refractivity contribution in [2.24, 2.45) is 5.92 Å². The number of sulfonamides is 1. The molecule has 1 fully saturated rings. The Labute approximate surface area is 205 Å². The molecule has 34 heavy (non-hydrogen) atoms. The quantitative estimate of drug-likeness (QED) is 0.444.